The predicted molar refractivity (Wildman–Crippen MR) is 150 cm³/mol. The number of hydrogen-bond acceptors (Lipinski definition) is 4. The van der Waals surface area contributed by atoms with Gasteiger partial charge < -0.3 is 4.90 Å². The number of nitrogens with zero attached hydrogens (tertiary/aromatic N) is 4. The Bertz CT molecular complexity index is 1550. The number of hydrogen-bond donors (Lipinski definition) is 0. The van der Waals surface area contributed by atoms with Crippen molar-refractivity contribution >= 4 is 17.1 Å². The van der Waals surface area contributed by atoms with Gasteiger partial charge >= 0.3 is 0 Å². The van der Waals surface area contributed by atoms with Crippen LogP contribution in [0.3, 0.4) is 0 Å². The number of pyridine rings is 3. The summed E-state index contributed by atoms with van der Waals surface area (Å²) >= 11 is 0. The molecular weight excluding hydrogens is 452 g/mol. The standard InChI is InChI=1S/C33H28N4/c1-32(2)23-17-21(27-9-5-7-15-35-27)11-13-29(23)37-30-14-12-22(28-10-6-8-16-36-28)18-24(30)33(3,4)26-20-34-19-25(32)31(26)37/h5-20H,1-4H3. The van der Waals surface area contributed by atoms with Gasteiger partial charge in [-0.3, -0.25) is 15.0 Å². The van der Waals surface area contributed by atoms with Crippen molar-refractivity contribution in [2.24, 2.45) is 0 Å². The van der Waals surface area contributed by atoms with Crippen LogP contribution in [0.5, 0.6) is 0 Å². The molecule has 0 saturated heterocycles. The van der Waals surface area contributed by atoms with Gasteiger partial charge in [-0.2, -0.15) is 0 Å². The number of benzene rings is 2. The van der Waals surface area contributed by atoms with E-state index in [9.17, 15) is 0 Å². The molecule has 2 aliphatic heterocycles. The first-order valence-electron chi connectivity index (χ1n) is 12.8. The van der Waals surface area contributed by atoms with Crippen molar-refractivity contribution < 1.29 is 0 Å². The molecule has 4 nitrogen and oxygen atoms in total. The van der Waals surface area contributed by atoms with Crippen LogP contribution in [0.2, 0.25) is 0 Å². The molecule has 3 aromatic heterocycles. The van der Waals surface area contributed by atoms with Crippen molar-refractivity contribution in [3.63, 3.8) is 0 Å². The van der Waals surface area contributed by atoms with E-state index < -0.39 is 0 Å². The smallest absolute Gasteiger partial charge is 0.0702 e. The maximum Gasteiger partial charge on any atom is 0.0702 e. The molecule has 0 N–H and O–H groups in total. The summed E-state index contributed by atoms with van der Waals surface area (Å²) in [6.07, 6.45) is 7.83. The summed E-state index contributed by atoms with van der Waals surface area (Å²) in [5.41, 5.74) is 12.6. The molecule has 0 amide bonds. The average molecular weight is 481 g/mol. The van der Waals surface area contributed by atoms with Crippen molar-refractivity contribution in [3.8, 4) is 22.5 Å². The van der Waals surface area contributed by atoms with E-state index in [0.717, 1.165) is 22.5 Å². The van der Waals surface area contributed by atoms with Gasteiger partial charge in [0.15, 0.2) is 0 Å². The second-order valence-corrected chi connectivity index (χ2v) is 11.1. The Morgan fingerprint density at radius 1 is 0.568 bits per heavy atom. The molecule has 4 heteroatoms. The van der Waals surface area contributed by atoms with Gasteiger partial charge in [-0.05, 0) is 59.7 Å². The fourth-order valence-electron chi connectivity index (χ4n) is 6.12. The Hall–Kier alpha value is -4.31. The molecule has 0 bridgehead atoms. The van der Waals surface area contributed by atoms with Crippen molar-refractivity contribution in [2.75, 3.05) is 4.90 Å². The van der Waals surface area contributed by atoms with Crippen LogP contribution in [0.4, 0.5) is 17.1 Å². The van der Waals surface area contributed by atoms with Gasteiger partial charge in [0, 0.05) is 57.9 Å². The first-order valence-corrected chi connectivity index (χ1v) is 12.8. The lowest BCUT2D eigenvalue weighted by molar-refractivity contribution is 0.592. The Kier molecular flexibility index (Phi) is 4.50. The lowest BCUT2D eigenvalue weighted by Crippen LogP contribution is -2.38. The highest BCUT2D eigenvalue weighted by Gasteiger charge is 2.45. The molecule has 2 aliphatic rings. The molecule has 0 radical (unpaired) electrons. The Labute approximate surface area is 217 Å². The third-order valence-electron chi connectivity index (χ3n) is 8.23. The number of anilines is 3. The second-order valence-electron chi connectivity index (χ2n) is 11.1. The molecule has 0 aliphatic carbocycles. The zero-order chi connectivity index (χ0) is 25.4. The minimum atomic E-state index is -0.212. The van der Waals surface area contributed by atoms with Crippen LogP contribution in [0, 0.1) is 0 Å². The van der Waals surface area contributed by atoms with Crippen LogP contribution in [-0.2, 0) is 10.8 Å². The zero-order valence-electron chi connectivity index (χ0n) is 21.5. The topological polar surface area (TPSA) is 41.9 Å². The minimum absolute atomic E-state index is 0.212. The normalized spacial score (nSPS) is 15.9. The molecule has 5 heterocycles. The van der Waals surface area contributed by atoms with E-state index in [1.165, 1.54) is 39.3 Å². The lowest BCUT2D eigenvalue weighted by Gasteiger charge is -2.49. The van der Waals surface area contributed by atoms with Crippen molar-refractivity contribution in [1.29, 1.82) is 0 Å². The van der Waals surface area contributed by atoms with Crippen LogP contribution in [0.25, 0.3) is 22.5 Å². The lowest BCUT2D eigenvalue weighted by atomic mass is 9.67. The fourth-order valence-corrected chi connectivity index (χ4v) is 6.12. The van der Waals surface area contributed by atoms with Crippen LogP contribution < -0.4 is 4.90 Å². The summed E-state index contributed by atoms with van der Waals surface area (Å²) in [6.45, 7) is 9.26. The van der Waals surface area contributed by atoms with Gasteiger partial charge in [0.1, 0.15) is 0 Å². The summed E-state index contributed by atoms with van der Waals surface area (Å²) in [6, 6.07) is 25.7. The van der Waals surface area contributed by atoms with Crippen molar-refractivity contribution in [2.45, 2.75) is 38.5 Å². The summed E-state index contributed by atoms with van der Waals surface area (Å²) < 4.78 is 0. The Balaban J connectivity index is 1.50. The summed E-state index contributed by atoms with van der Waals surface area (Å²) in [5, 5.41) is 0. The average Bonchev–Trinajstić information content (AvgIpc) is 2.93. The molecule has 2 aromatic carbocycles. The molecule has 180 valence electrons. The van der Waals surface area contributed by atoms with Gasteiger partial charge in [-0.1, -0.05) is 52.0 Å². The maximum absolute atomic E-state index is 4.78. The molecule has 0 saturated carbocycles. The first-order chi connectivity index (χ1) is 17.9. The van der Waals surface area contributed by atoms with Crippen molar-refractivity contribution in [1.82, 2.24) is 15.0 Å². The number of rotatable bonds is 2. The van der Waals surface area contributed by atoms with E-state index in [-0.39, 0.29) is 10.8 Å². The van der Waals surface area contributed by atoms with E-state index in [1.807, 2.05) is 36.7 Å². The third kappa shape index (κ3) is 3.05. The van der Waals surface area contributed by atoms with Gasteiger partial charge in [-0.25, -0.2) is 0 Å². The van der Waals surface area contributed by atoms with E-state index in [4.69, 9.17) is 4.98 Å². The number of fused-ring (bicyclic) bond motifs is 4. The van der Waals surface area contributed by atoms with Crippen LogP contribution in [-0.4, -0.2) is 15.0 Å². The first kappa shape index (κ1) is 21.9. The van der Waals surface area contributed by atoms with E-state index in [1.54, 1.807) is 0 Å². The largest absolute Gasteiger partial charge is 0.309 e. The zero-order valence-corrected chi connectivity index (χ0v) is 21.5. The third-order valence-corrected chi connectivity index (χ3v) is 8.23. The highest BCUT2D eigenvalue weighted by Crippen LogP contribution is 2.60. The molecule has 0 unspecified atom stereocenters. The molecular formula is C33H28N4. The van der Waals surface area contributed by atoms with Gasteiger partial charge in [-0.15, -0.1) is 0 Å². The molecule has 7 rings (SSSR count). The van der Waals surface area contributed by atoms with E-state index in [0.29, 0.717) is 0 Å². The van der Waals surface area contributed by atoms with Crippen LogP contribution >= 0.6 is 0 Å². The monoisotopic (exact) mass is 480 g/mol. The van der Waals surface area contributed by atoms with Gasteiger partial charge in [0.25, 0.3) is 0 Å². The summed E-state index contributed by atoms with van der Waals surface area (Å²) in [5.74, 6) is 0. The minimum Gasteiger partial charge on any atom is -0.309 e. The maximum atomic E-state index is 4.78. The highest BCUT2D eigenvalue weighted by molar-refractivity contribution is 5.93. The Morgan fingerprint density at radius 3 is 1.49 bits per heavy atom. The molecule has 0 fully saturated rings. The van der Waals surface area contributed by atoms with E-state index in [2.05, 4.69) is 103 Å². The van der Waals surface area contributed by atoms with Gasteiger partial charge in [0.05, 0.1) is 28.5 Å². The van der Waals surface area contributed by atoms with E-state index >= 15 is 0 Å². The van der Waals surface area contributed by atoms with Crippen molar-refractivity contribution in [3.05, 3.63) is 120 Å². The highest BCUT2D eigenvalue weighted by atomic mass is 15.2. The predicted octanol–water partition coefficient (Wildman–Crippen LogP) is 7.95. The second kappa shape index (κ2) is 7.59. The quantitative estimate of drug-likeness (QED) is 0.257. The molecule has 5 aromatic rings. The molecule has 37 heavy (non-hydrogen) atoms. The summed E-state index contributed by atoms with van der Waals surface area (Å²) in [7, 11) is 0. The number of aromatic nitrogens is 3. The fraction of sp³-hybridized carbons (Fsp3) is 0.182. The molecule has 0 atom stereocenters. The Morgan fingerprint density at radius 2 is 1.05 bits per heavy atom. The molecule has 0 spiro atoms. The van der Waals surface area contributed by atoms with Gasteiger partial charge in [0.2, 0.25) is 0 Å². The summed E-state index contributed by atoms with van der Waals surface area (Å²) in [4.78, 5) is 16.5. The van der Waals surface area contributed by atoms with Crippen LogP contribution in [0.15, 0.2) is 97.6 Å². The SMILES string of the molecule is CC1(C)c2cc(-c3ccccn3)ccc2N2c3ccc(-c4ccccn4)cc3C(C)(C)c3cncc1c32. The van der Waals surface area contributed by atoms with Crippen LogP contribution in [0.1, 0.15) is 49.9 Å².